The van der Waals surface area contributed by atoms with E-state index in [1.54, 1.807) is 25.3 Å². The monoisotopic (exact) mass is 300 g/mol. The van der Waals surface area contributed by atoms with Gasteiger partial charge in [0.1, 0.15) is 11.4 Å². The molecule has 21 heavy (non-hydrogen) atoms. The lowest BCUT2D eigenvalue weighted by Gasteiger charge is -2.07. The Bertz CT molecular complexity index is 778. The fourth-order valence-electron chi connectivity index (χ4n) is 2.14. The highest BCUT2D eigenvalue weighted by molar-refractivity contribution is 6.32. The van der Waals surface area contributed by atoms with Crippen molar-refractivity contribution in [3.63, 3.8) is 0 Å². The smallest absolute Gasteiger partial charge is 0.272 e. The molecular formula is C16H13ClN2O2. The molecule has 0 atom stereocenters. The maximum Gasteiger partial charge on any atom is 0.272 e. The molecule has 0 radical (unpaired) electrons. The Hall–Kier alpha value is -2.46. The van der Waals surface area contributed by atoms with E-state index in [9.17, 15) is 4.79 Å². The zero-order valence-corrected chi connectivity index (χ0v) is 12.1. The summed E-state index contributed by atoms with van der Waals surface area (Å²) in [5.74, 6) is 0.354. The predicted octanol–water partition coefficient (Wildman–Crippen LogP) is 4.08. The van der Waals surface area contributed by atoms with Gasteiger partial charge < -0.3 is 15.0 Å². The van der Waals surface area contributed by atoms with Crippen LogP contribution in [0.1, 0.15) is 10.5 Å². The molecule has 2 aromatic carbocycles. The number of aromatic amines is 1. The predicted molar refractivity (Wildman–Crippen MR) is 84.3 cm³/mol. The first kappa shape index (κ1) is 13.5. The molecule has 0 bridgehead atoms. The fraction of sp³-hybridized carbons (Fsp3) is 0.0625. The number of carbonyl (C=O) groups excluding carboxylic acids is 1. The van der Waals surface area contributed by atoms with Crippen LogP contribution in [0.2, 0.25) is 5.02 Å². The topological polar surface area (TPSA) is 54.1 Å². The van der Waals surface area contributed by atoms with Gasteiger partial charge in [-0.25, -0.2) is 0 Å². The van der Waals surface area contributed by atoms with Crippen LogP contribution in [-0.2, 0) is 0 Å². The van der Waals surface area contributed by atoms with E-state index in [4.69, 9.17) is 16.3 Å². The number of hydrogen-bond acceptors (Lipinski definition) is 2. The summed E-state index contributed by atoms with van der Waals surface area (Å²) < 4.78 is 5.08. The summed E-state index contributed by atoms with van der Waals surface area (Å²) in [4.78, 5) is 15.3. The molecule has 1 amide bonds. The molecule has 1 aromatic heterocycles. The van der Waals surface area contributed by atoms with Crippen molar-refractivity contribution in [2.24, 2.45) is 0 Å². The Morgan fingerprint density at radius 2 is 2.00 bits per heavy atom. The van der Waals surface area contributed by atoms with E-state index in [0.717, 1.165) is 10.9 Å². The number of amides is 1. The number of methoxy groups -OCH3 is 1. The molecule has 0 spiro atoms. The average molecular weight is 301 g/mol. The molecule has 3 rings (SSSR count). The number of benzene rings is 2. The third kappa shape index (κ3) is 2.71. The Morgan fingerprint density at radius 3 is 2.71 bits per heavy atom. The number of anilines is 1. The van der Waals surface area contributed by atoms with Gasteiger partial charge in [-0.05, 0) is 30.3 Å². The molecule has 4 nitrogen and oxygen atoms in total. The third-order valence-electron chi connectivity index (χ3n) is 3.18. The Kier molecular flexibility index (Phi) is 3.54. The molecule has 0 saturated heterocycles. The molecule has 0 aliphatic heterocycles. The summed E-state index contributed by atoms with van der Waals surface area (Å²) in [6.07, 6.45) is 0. The summed E-state index contributed by atoms with van der Waals surface area (Å²) in [5, 5.41) is 4.25. The van der Waals surface area contributed by atoms with Crippen molar-refractivity contribution >= 4 is 34.1 Å². The number of aromatic nitrogens is 1. The number of halogens is 1. The van der Waals surface area contributed by atoms with Crippen LogP contribution < -0.4 is 10.1 Å². The van der Waals surface area contributed by atoms with Crippen molar-refractivity contribution in [2.45, 2.75) is 0 Å². The minimum atomic E-state index is -0.215. The van der Waals surface area contributed by atoms with E-state index in [2.05, 4.69) is 10.3 Å². The van der Waals surface area contributed by atoms with Crippen LogP contribution in [0, 0.1) is 0 Å². The molecule has 0 saturated carbocycles. The number of fused-ring (bicyclic) bond motifs is 1. The van der Waals surface area contributed by atoms with Crippen molar-refractivity contribution in [1.82, 2.24) is 4.98 Å². The maximum atomic E-state index is 12.2. The zero-order valence-electron chi connectivity index (χ0n) is 11.3. The standard InChI is InChI=1S/C16H13ClN2O2/c1-21-15-7-6-11(9-12(15)17)18-16(20)14-8-10-4-2-3-5-13(10)19-14/h2-9,19H,1H3,(H,18,20). The Morgan fingerprint density at radius 1 is 1.19 bits per heavy atom. The van der Waals surface area contributed by atoms with E-state index in [1.165, 1.54) is 0 Å². The largest absolute Gasteiger partial charge is 0.495 e. The highest BCUT2D eigenvalue weighted by Gasteiger charge is 2.10. The molecule has 0 aliphatic rings. The molecule has 0 unspecified atom stereocenters. The van der Waals surface area contributed by atoms with Gasteiger partial charge in [-0.15, -0.1) is 0 Å². The van der Waals surface area contributed by atoms with Crippen LogP contribution in [0.4, 0.5) is 5.69 Å². The summed E-state index contributed by atoms with van der Waals surface area (Å²) >= 11 is 6.04. The number of rotatable bonds is 3. The van der Waals surface area contributed by atoms with E-state index in [-0.39, 0.29) is 5.91 Å². The highest BCUT2D eigenvalue weighted by atomic mass is 35.5. The van der Waals surface area contributed by atoms with Gasteiger partial charge >= 0.3 is 0 Å². The second kappa shape index (κ2) is 5.50. The number of hydrogen-bond donors (Lipinski definition) is 2. The second-order valence-electron chi connectivity index (χ2n) is 4.57. The number of ether oxygens (including phenoxy) is 1. The van der Waals surface area contributed by atoms with Crippen LogP contribution in [-0.4, -0.2) is 18.0 Å². The Labute approximate surface area is 126 Å². The molecule has 106 valence electrons. The lowest BCUT2D eigenvalue weighted by molar-refractivity contribution is 0.102. The first-order chi connectivity index (χ1) is 10.2. The second-order valence-corrected chi connectivity index (χ2v) is 4.98. The minimum Gasteiger partial charge on any atom is -0.495 e. The maximum absolute atomic E-state index is 12.2. The van der Waals surface area contributed by atoms with Crippen LogP contribution in [0.15, 0.2) is 48.5 Å². The van der Waals surface area contributed by atoms with E-state index >= 15 is 0 Å². The van der Waals surface area contributed by atoms with Crippen molar-refractivity contribution in [3.05, 3.63) is 59.2 Å². The number of para-hydroxylation sites is 1. The molecule has 2 N–H and O–H groups in total. The summed E-state index contributed by atoms with van der Waals surface area (Å²) in [6, 6.07) is 14.7. The molecular weight excluding hydrogens is 288 g/mol. The highest BCUT2D eigenvalue weighted by Crippen LogP contribution is 2.27. The van der Waals surface area contributed by atoms with Crippen molar-refractivity contribution in [1.29, 1.82) is 0 Å². The van der Waals surface area contributed by atoms with Crippen molar-refractivity contribution in [3.8, 4) is 5.75 Å². The molecule has 0 aliphatic carbocycles. The average Bonchev–Trinajstić information content (AvgIpc) is 2.91. The number of H-pyrrole nitrogens is 1. The van der Waals surface area contributed by atoms with Crippen LogP contribution in [0.5, 0.6) is 5.75 Å². The van der Waals surface area contributed by atoms with Gasteiger partial charge in [-0.2, -0.15) is 0 Å². The lowest BCUT2D eigenvalue weighted by Crippen LogP contribution is -2.12. The van der Waals surface area contributed by atoms with E-state index in [0.29, 0.717) is 22.2 Å². The van der Waals surface area contributed by atoms with E-state index in [1.807, 2.05) is 30.3 Å². The molecule has 1 heterocycles. The third-order valence-corrected chi connectivity index (χ3v) is 3.48. The summed E-state index contributed by atoms with van der Waals surface area (Å²) in [6.45, 7) is 0. The van der Waals surface area contributed by atoms with Crippen molar-refractivity contribution < 1.29 is 9.53 Å². The first-order valence-corrected chi connectivity index (χ1v) is 6.78. The van der Waals surface area contributed by atoms with E-state index < -0.39 is 0 Å². The molecule has 5 heteroatoms. The van der Waals surface area contributed by atoms with Crippen LogP contribution in [0.25, 0.3) is 10.9 Å². The fourth-order valence-corrected chi connectivity index (χ4v) is 2.40. The van der Waals surface area contributed by atoms with Crippen LogP contribution in [0.3, 0.4) is 0 Å². The zero-order chi connectivity index (χ0) is 14.8. The quantitative estimate of drug-likeness (QED) is 0.765. The SMILES string of the molecule is COc1ccc(NC(=O)c2cc3ccccc3[nH]2)cc1Cl. The van der Waals surface area contributed by atoms with Gasteiger partial charge in [0.25, 0.3) is 5.91 Å². The van der Waals surface area contributed by atoms with Gasteiger partial charge in [-0.3, -0.25) is 4.79 Å². The normalized spacial score (nSPS) is 10.6. The summed E-state index contributed by atoms with van der Waals surface area (Å²) in [7, 11) is 1.55. The first-order valence-electron chi connectivity index (χ1n) is 6.40. The lowest BCUT2D eigenvalue weighted by atomic mass is 10.2. The Balaban J connectivity index is 1.84. The minimum absolute atomic E-state index is 0.215. The van der Waals surface area contributed by atoms with Gasteiger partial charge in [-0.1, -0.05) is 29.8 Å². The van der Waals surface area contributed by atoms with Gasteiger partial charge in [0.2, 0.25) is 0 Å². The molecule has 0 fully saturated rings. The van der Waals surface area contributed by atoms with Gasteiger partial charge in [0.05, 0.1) is 12.1 Å². The molecule has 3 aromatic rings. The number of nitrogens with one attached hydrogen (secondary N) is 2. The van der Waals surface area contributed by atoms with Gasteiger partial charge in [0.15, 0.2) is 0 Å². The van der Waals surface area contributed by atoms with Crippen molar-refractivity contribution in [2.75, 3.05) is 12.4 Å². The van der Waals surface area contributed by atoms with Gasteiger partial charge in [0, 0.05) is 16.6 Å². The summed E-state index contributed by atoms with van der Waals surface area (Å²) in [5.41, 5.74) is 2.04. The number of carbonyl (C=O) groups is 1. The van der Waals surface area contributed by atoms with Crippen LogP contribution >= 0.6 is 11.6 Å².